The van der Waals surface area contributed by atoms with Crippen molar-refractivity contribution >= 4 is 0 Å². The van der Waals surface area contributed by atoms with Gasteiger partial charge in [-0.1, -0.05) is 96.3 Å². The maximum absolute atomic E-state index is 1.61. The van der Waals surface area contributed by atoms with Crippen LogP contribution in [0.5, 0.6) is 0 Å². The van der Waals surface area contributed by atoms with E-state index in [1.165, 1.54) is 32.1 Å². The first-order chi connectivity index (χ1) is 12.4. The standard InChI is InChI=1S/C25H44/c1-4-10-20(11-5-1)21-16-18-24(19-17-21)25(22-12-6-2-7-13-22)23-14-8-3-9-15-23/h20-25H,1-19H2. The lowest BCUT2D eigenvalue weighted by Gasteiger charge is -2.46. The molecule has 0 atom stereocenters. The van der Waals surface area contributed by atoms with E-state index in [1.807, 2.05) is 0 Å². The molecule has 0 aliphatic heterocycles. The molecular formula is C25H44. The van der Waals surface area contributed by atoms with Gasteiger partial charge in [-0.2, -0.15) is 0 Å². The maximum Gasteiger partial charge on any atom is -0.0329 e. The molecule has 0 bridgehead atoms. The van der Waals surface area contributed by atoms with Gasteiger partial charge < -0.3 is 0 Å². The van der Waals surface area contributed by atoms with E-state index in [-0.39, 0.29) is 0 Å². The van der Waals surface area contributed by atoms with Gasteiger partial charge in [0, 0.05) is 0 Å². The van der Waals surface area contributed by atoms with Gasteiger partial charge in [-0.15, -0.1) is 0 Å². The first-order valence-corrected chi connectivity index (χ1v) is 12.4. The van der Waals surface area contributed by atoms with Crippen LogP contribution in [0, 0.1) is 35.5 Å². The molecule has 0 aromatic heterocycles. The molecule has 0 radical (unpaired) electrons. The highest BCUT2D eigenvalue weighted by molar-refractivity contribution is 4.89. The van der Waals surface area contributed by atoms with Crippen molar-refractivity contribution in [2.24, 2.45) is 35.5 Å². The van der Waals surface area contributed by atoms with Gasteiger partial charge in [0.25, 0.3) is 0 Å². The fourth-order valence-electron chi connectivity index (χ4n) is 7.80. The normalized spacial score (nSPS) is 34.4. The highest BCUT2D eigenvalue weighted by Crippen LogP contribution is 2.49. The molecule has 144 valence electrons. The molecule has 0 amide bonds. The monoisotopic (exact) mass is 344 g/mol. The summed E-state index contributed by atoms with van der Waals surface area (Å²) < 4.78 is 0. The molecule has 4 fully saturated rings. The summed E-state index contributed by atoms with van der Waals surface area (Å²) in [7, 11) is 0. The van der Waals surface area contributed by atoms with Crippen LogP contribution in [0.15, 0.2) is 0 Å². The second-order valence-corrected chi connectivity index (χ2v) is 10.4. The molecule has 0 N–H and O–H groups in total. The predicted octanol–water partition coefficient (Wildman–Crippen LogP) is 8.15. The van der Waals surface area contributed by atoms with Gasteiger partial charge >= 0.3 is 0 Å². The van der Waals surface area contributed by atoms with Crippen LogP contribution in [0.4, 0.5) is 0 Å². The molecule has 4 aliphatic rings. The SMILES string of the molecule is C1CCC(C2CCC(C(C3CCCCC3)C3CCCCC3)CC2)CC1. The summed E-state index contributed by atoms with van der Waals surface area (Å²) in [5, 5.41) is 0. The van der Waals surface area contributed by atoms with Crippen molar-refractivity contribution in [2.75, 3.05) is 0 Å². The van der Waals surface area contributed by atoms with Gasteiger partial charge in [0.15, 0.2) is 0 Å². The van der Waals surface area contributed by atoms with E-state index in [1.54, 1.807) is 89.9 Å². The van der Waals surface area contributed by atoms with E-state index in [2.05, 4.69) is 0 Å². The summed E-state index contributed by atoms with van der Waals surface area (Å²) in [6, 6.07) is 0. The summed E-state index contributed by atoms with van der Waals surface area (Å²) in [5.74, 6) is 6.73. The highest BCUT2D eigenvalue weighted by atomic mass is 14.4. The van der Waals surface area contributed by atoms with Crippen LogP contribution in [0.25, 0.3) is 0 Å². The zero-order valence-electron chi connectivity index (χ0n) is 16.9. The Morgan fingerprint density at radius 1 is 0.320 bits per heavy atom. The van der Waals surface area contributed by atoms with Crippen molar-refractivity contribution in [2.45, 2.75) is 122 Å². The second-order valence-electron chi connectivity index (χ2n) is 10.4. The largest absolute Gasteiger partial charge is 0.0533 e. The Balaban J connectivity index is 1.37. The third kappa shape index (κ3) is 4.65. The van der Waals surface area contributed by atoms with Crippen LogP contribution in [0.3, 0.4) is 0 Å². The van der Waals surface area contributed by atoms with Crippen LogP contribution in [0.2, 0.25) is 0 Å². The van der Waals surface area contributed by atoms with Crippen molar-refractivity contribution in [1.29, 1.82) is 0 Å². The van der Waals surface area contributed by atoms with E-state index in [4.69, 9.17) is 0 Å². The molecule has 0 unspecified atom stereocenters. The fraction of sp³-hybridized carbons (Fsp3) is 1.00. The molecule has 0 saturated heterocycles. The molecule has 0 nitrogen and oxygen atoms in total. The zero-order chi connectivity index (χ0) is 16.9. The zero-order valence-corrected chi connectivity index (χ0v) is 16.9. The third-order valence-corrected chi connectivity index (χ3v) is 9.07. The molecule has 4 rings (SSSR count). The van der Waals surface area contributed by atoms with Gasteiger partial charge in [-0.25, -0.2) is 0 Å². The predicted molar refractivity (Wildman–Crippen MR) is 109 cm³/mol. The summed E-state index contributed by atoms with van der Waals surface area (Å²) in [6.45, 7) is 0. The van der Waals surface area contributed by atoms with Crippen molar-refractivity contribution in [3.05, 3.63) is 0 Å². The number of hydrogen-bond donors (Lipinski definition) is 0. The summed E-state index contributed by atoms with van der Waals surface area (Å²) in [4.78, 5) is 0. The molecule has 0 aromatic carbocycles. The Hall–Kier alpha value is 0. The Kier molecular flexibility index (Phi) is 6.81. The maximum atomic E-state index is 1.61. The lowest BCUT2D eigenvalue weighted by atomic mass is 9.60. The minimum Gasteiger partial charge on any atom is -0.0533 e. The van der Waals surface area contributed by atoms with Crippen molar-refractivity contribution < 1.29 is 0 Å². The molecule has 0 heteroatoms. The molecule has 4 saturated carbocycles. The van der Waals surface area contributed by atoms with Gasteiger partial charge in [-0.3, -0.25) is 0 Å². The first kappa shape index (κ1) is 18.4. The lowest BCUT2D eigenvalue weighted by Crippen LogP contribution is -2.36. The average molecular weight is 345 g/mol. The Bertz CT molecular complexity index is 341. The fourth-order valence-corrected chi connectivity index (χ4v) is 7.80. The van der Waals surface area contributed by atoms with Crippen LogP contribution >= 0.6 is 0 Å². The lowest BCUT2D eigenvalue weighted by molar-refractivity contribution is 0.0470. The van der Waals surface area contributed by atoms with E-state index >= 15 is 0 Å². The third-order valence-electron chi connectivity index (χ3n) is 9.07. The first-order valence-electron chi connectivity index (χ1n) is 12.4. The second kappa shape index (κ2) is 9.27. The molecule has 0 aromatic rings. The van der Waals surface area contributed by atoms with Crippen LogP contribution in [-0.2, 0) is 0 Å². The molecule has 0 heterocycles. The van der Waals surface area contributed by atoms with E-state index in [9.17, 15) is 0 Å². The summed E-state index contributed by atoms with van der Waals surface area (Å²) in [6.07, 6.45) is 29.8. The topological polar surface area (TPSA) is 0 Å². The summed E-state index contributed by atoms with van der Waals surface area (Å²) in [5.41, 5.74) is 0. The smallest absolute Gasteiger partial charge is 0.0329 e. The van der Waals surface area contributed by atoms with Crippen LogP contribution in [-0.4, -0.2) is 0 Å². The molecule has 0 spiro atoms. The molecule has 4 aliphatic carbocycles. The summed E-state index contributed by atoms with van der Waals surface area (Å²) >= 11 is 0. The van der Waals surface area contributed by atoms with Crippen molar-refractivity contribution in [1.82, 2.24) is 0 Å². The Morgan fingerprint density at radius 3 is 1.16 bits per heavy atom. The highest BCUT2D eigenvalue weighted by Gasteiger charge is 2.39. The minimum absolute atomic E-state index is 1.12. The molecular weight excluding hydrogens is 300 g/mol. The van der Waals surface area contributed by atoms with E-state index in [0.717, 1.165) is 35.5 Å². The Morgan fingerprint density at radius 2 is 0.680 bits per heavy atom. The van der Waals surface area contributed by atoms with Crippen LogP contribution < -0.4 is 0 Å². The Labute approximate surface area is 157 Å². The van der Waals surface area contributed by atoms with Gasteiger partial charge in [0.1, 0.15) is 0 Å². The van der Waals surface area contributed by atoms with Crippen molar-refractivity contribution in [3.8, 4) is 0 Å². The van der Waals surface area contributed by atoms with E-state index < -0.39 is 0 Å². The quantitative estimate of drug-likeness (QED) is 0.482. The van der Waals surface area contributed by atoms with Gasteiger partial charge in [0.2, 0.25) is 0 Å². The minimum atomic E-state index is 1.12. The average Bonchev–Trinajstić information content (AvgIpc) is 2.71. The number of rotatable bonds is 4. The van der Waals surface area contributed by atoms with Gasteiger partial charge in [0.05, 0.1) is 0 Å². The van der Waals surface area contributed by atoms with Crippen LogP contribution in [0.1, 0.15) is 122 Å². The number of hydrogen-bond acceptors (Lipinski definition) is 0. The van der Waals surface area contributed by atoms with Crippen molar-refractivity contribution in [3.63, 3.8) is 0 Å². The van der Waals surface area contributed by atoms with Gasteiger partial charge in [-0.05, 0) is 61.2 Å². The van der Waals surface area contributed by atoms with E-state index in [0.29, 0.717) is 0 Å². The molecule has 25 heavy (non-hydrogen) atoms.